The Morgan fingerprint density at radius 3 is 2.50 bits per heavy atom. The van der Waals surface area contributed by atoms with Crippen LogP contribution in [0.25, 0.3) is 0 Å². The Balaban J connectivity index is 1.77. The summed E-state index contributed by atoms with van der Waals surface area (Å²) in [6, 6.07) is 7.68. The van der Waals surface area contributed by atoms with E-state index in [0.29, 0.717) is 13.2 Å². The summed E-state index contributed by atoms with van der Waals surface area (Å²) in [6.45, 7) is 6.14. The lowest BCUT2D eigenvalue weighted by atomic mass is 9.97. The number of benzene rings is 1. The first kappa shape index (κ1) is 21.9. The number of esters is 1. The Labute approximate surface area is 167 Å². The first-order chi connectivity index (χ1) is 13.4. The molecule has 0 spiro atoms. The van der Waals surface area contributed by atoms with E-state index >= 15 is 0 Å². The van der Waals surface area contributed by atoms with Crippen LogP contribution in [0.1, 0.15) is 32.3 Å². The molecule has 0 radical (unpaired) electrons. The summed E-state index contributed by atoms with van der Waals surface area (Å²) in [6.07, 6.45) is 2.30. The maximum absolute atomic E-state index is 12.5. The van der Waals surface area contributed by atoms with Crippen molar-refractivity contribution in [1.82, 2.24) is 4.90 Å². The van der Waals surface area contributed by atoms with Gasteiger partial charge < -0.3 is 19.9 Å². The second-order valence-corrected chi connectivity index (χ2v) is 7.26. The van der Waals surface area contributed by atoms with Crippen LogP contribution in [0, 0.1) is 5.92 Å². The number of para-hydroxylation sites is 1. The molecule has 0 unspecified atom stereocenters. The van der Waals surface area contributed by atoms with Crippen molar-refractivity contribution in [2.45, 2.75) is 33.1 Å². The maximum Gasteiger partial charge on any atom is 0.309 e. The van der Waals surface area contributed by atoms with E-state index in [4.69, 9.17) is 4.74 Å². The molecule has 0 saturated carbocycles. The highest BCUT2D eigenvalue weighted by Crippen LogP contribution is 2.15. The van der Waals surface area contributed by atoms with Crippen LogP contribution in [0.3, 0.4) is 0 Å². The van der Waals surface area contributed by atoms with Crippen LogP contribution in [0.15, 0.2) is 24.3 Å². The number of hydrogen-bond acceptors (Lipinski definition) is 4. The second-order valence-electron chi connectivity index (χ2n) is 7.26. The molecule has 1 heterocycles. The number of amides is 2. The van der Waals surface area contributed by atoms with E-state index < -0.39 is 0 Å². The fourth-order valence-corrected chi connectivity index (χ4v) is 3.49. The van der Waals surface area contributed by atoms with Crippen LogP contribution in [-0.2, 0) is 25.5 Å². The number of nitrogens with one attached hydrogen (secondary N) is 2. The van der Waals surface area contributed by atoms with Crippen molar-refractivity contribution in [2.24, 2.45) is 5.92 Å². The summed E-state index contributed by atoms with van der Waals surface area (Å²) in [7, 11) is 1.65. The third-order valence-corrected chi connectivity index (χ3v) is 5.19. The van der Waals surface area contributed by atoms with Gasteiger partial charge in [-0.25, -0.2) is 0 Å². The minimum absolute atomic E-state index is 0.0234. The summed E-state index contributed by atoms with van der Waals surface area (Å²) in [4.78, 5) is 39.2. The lowest BCUT2D eigenvalue weighted by Gasteiger charge is -2.28. The van der Waals surface area contributed by atoms with Crippen LogP contribution in [0.5, 0.6) is 0 Å². The molecule has 1 aromatic rings. The van der Waals surface area contributed by atoms with Gasteiger partial charge >= 0.3 is 5.97 Å². The van der Waals surface area contributed by atoms with Crippen molar-refractivity contribution in [1.29, 1.82) is 0 Å². The van der Waals surface area contributed by atoms with Gasteiger partial charge in [0.1, 0.15) is 0 Å². The zero-order chi connectivity index (χ0) is 20.5. The third kappa shape index (κ3) is 6.34. The van der Waals surface area contributed by atoms with Gasteiger partial charge in [0.05, 0.1) is 32.2 Å². The van der Waals surface area contributed by atoms with Crippen molar-refractivity contribution in [3.8, 4) is 0 Å². The molecule has 154 valence electrons. The van der Waals surface area contributed by atoms with Crippen LogP contribution in [0.2, 0.25) is 0 Å². The molecule has 1 fully saturated rings. The SMILES string of the molecule is CCOC(=O)C1CC[NH+](CC(=O)N(C)CC(=O)Nc2ccccc2CC)CC1. The molecular weight excluding hydrogens is 358 g/mol. The molecular formula is C21H32N3O4+. The van der Waals surface area contributed by atoms with Gasteiger partial charge in [-0.1, -0.05) is 25.1 Å². The van der Waals surface area contributed by atoms with Crippen LogP contribution in [-0.4, -0.2) is 62.5 Å². The fourth-order valence-electron chi connectivity index (χ4n) is 3.49. The summed E-state index contributed by atoms with van der Waals surface area (Å²) in [5, 5.41) is 2.89. The molecule has 1 aliphatic heterocycles. The number of carbonyl (C=O) groups excluding carboxylic acids is 3. The zero-order valence-corrected chi connectivity index (χ0v) is 17.1. The average Bonchev–Trinajstić information content (AvgIpc) is 2.69. The predicted octanol–water partition coefficient (Wildman–Crippen LogP) is 0.504. The number of carbonyl (C=O) groups is 3. The topological polar surface area (TPSA) is 80.2 Å². The van der Waals surface area contributed by atoms with E-state index in [1.165, 1.54) is 4.90 Å². The largest absolute Gasteiger partial charge is 0.466 e. The predicted molar refractivity (Wildman–Crippen MR) is 107 cm³/mol. The van der Waals surface area contributed by atoms with Crippen molar-refractivity contribution in [3.05, 3.63) is 29.8 Å². The Kier molecular flexibility index (Phi) is 8.44. The molecule has 2 amide bonds. The summed E-state index contributed by atoms with van der Waals surface area (Å²) in [5.41, 5.74) is 1.86. The molecule has 7 heteroatoms. The van der Waals surface area contributed by atoms with E-state index in [1.807, 2.05) is 38.1 Å². The summed E-state index contributed by atoms with van der Waals surface area (Å²) < 4.78 is 5.08. The Hall–Kier alpha value is -2.41. The molecule has 0 bridgehead atoms. The van der Waals surface area contributed by atoms with E-state index in [1.54, 1.807) is 7.05 Å². The number of likely N-dealkylation sites (tertiary alicyclic amines) is 1. The maximum atomic E-state index is 12.5. The van der Waals surface area contributed by atoms with Crippen molar-refractivity contribution in [2.75, 3.05) is 45.2 Å². The Morgan fingerprint density at radius 1 is 1.18 bits per heavy atom. The first-order valence-electron chi connectivity index (χ1n) is 10.1. The molecule has 1 aliphatic rings. The van der Waals surface area contributed by atoms with Crippen molar-refractivity contribution >= 4 is 23.5 Å². The number of nitrogens with zero attached hydrogens (tertiary/aromatic N) is 1. The first-order valence-corrected chi connectivity index (χ1v) is 10.1. The number of quaternary nitrogens is 1. The van der Waals surface area contributed by atoms with Gasteiger partial charge in [-0.15, -0.1) is 0 Å². The number of rotatable bonds is 8. The number of aryl methyl sites for hydroxylation is 1. The lowest BCUT2D eigenvalue weighted by Crippen LogP contribution is -3.14. The Bertz CT molecular complexity index is 684. The lowest BCUT2D eigenvalue weighted by molar-refractivity contribution is -0.898. The van der Waals surface area contributed by atoms with Gasteiger partial charge in [-0.2, -0.15) is 0 Å². The van der Waals surface area contributed by atoms with Gasteiger partial charge in [-0.05, 0) is 25.0 Å². The van der Waals surface area contributed by atoms with E-state index in [9.17, 15) is 14.4 Å². The van der Waals surface area contributed by atoms with E-state index in [0.717, 1.165) is 48.5 Å². The van der Waals surface area contributed by atoms with Crippen LogP contribution in [0.4, 0.5) is 5.69 Å². The minimum Gasteiger partial charge on any atom is -0.466 e. The fraction of sp³-hybridized carbons (Fsp3) is 0.571. The van der Waals surface area contributed by atoms with Gasteiger partial charge in [0.15, 0.2) is 6.54 Å². The zero-order valence-electron chi connectivity index (χ0n) is 17.1. The monoisotopic (exact) mass is 390 g/mol. The third-order valence-electron chi connectivity index (χ3n) is 5.19. The molecule has 2 N–H and O–H groups in total. The molecule has 7 nitrogen and oxygen atoms in total. The normalized spacial score (nSPS) is 19.0. The standard InChI is InChI=1S/C21H31N3O4/c1-4-16-8-6-7-9-18(16)22-19(25)14-23(3)20(26)15-24-12-10-17(11-13-24)21(27)28-5-2/h6-9,17H,4-5,10-15H2,1-3H3,(H,22,25)/p+1. The van der Waals surface area contributed by atoms with Crippen LogP contribution < -0.4 is 10.2 Å². The number of ether oxygens (including phenoxy) is 1. The number of hydrogen-bond donors (Lipinski definition) is 2. The average molecular weight is 391 g/mol. The van der Waals surface area contributed by atoms with Gasteiger partial charge in [-0.3, -0.25) is 14.4 Å². The van der Waals surface area contributed by atoms with E-state index in [-0.39, 0.29) is 30.2 Å². The quantitative estimate of drug-likeness (QED) is 0.634. The molecule has 1 saturated heterocycles. The minimum atomic E-state index is -0.201. The summed E-state index contributed by atoms with van der Waals surface area (Å²) in [5.74, 6) is -0.453. The van der Waals surface area contributed by atoms with E-state index in [2.05, 4.69) is 5.32 Å². The molecule has 0 aliphatic carbocycles. The Morgan fingerprint density at radius 2 is 1.86 bits per heavy atom. The molecule has 1 aromatic carbocycles. The number of likely N-dealkylation sites (N-methyl/N-ethyl adjacent to an activating group) is 1. The van der Waals surface area contributed by atoms with Gasteiger partial charge in [0.2, 0.25) is 5.91 Å². The van der Waals surface area contributed by atoms with Crippen molar-refractivity contribution in [3.63, 3.8) is 0 Å². The number of piperidine rings is 1. The van der Waals surface area contributed by atoms with Gasteiger partial charge in [0.25, 0.3) is 5.91 Å². The second kappa shape index (κ2) is 10.8. The highest BCUT2D eigenvalue weighted by atomic mass is 16.5. The van der Waals surface area contributed by atoms with Crippen molar-refractivity contribution < 1.29 is 24.0 Å². The van der Waals surface area contributed by atoms with Crippen LogP contribution >= 0.6 is 0 Å². The number of anilines is 1. The molecule has 0 atom stereocenters. The molecule has 0 aromatic heterocycles. The highest BCUT2D eigenvalue weighted by Gasteiger charge is 2.30. The van der Waals surface area contributed by atoms with Gasteiger partial charge in [0, 0.05) is 25.6 Å². The smallest absolute Gasteiger partial charge is 0.309 e. The molecule has 28 heavy (non-hydrogen) atoms. The highest BCUT2D eigenvalue weighted by molar-refractivity contribution is 5.95. The summed E-state index contributed by atoms with van der Waals surface area (Å²) >= 11 is 0. The molecule has 2 rings (SSSR count).